The lowest BCUT2D eigenvalue weighted by Gasteiger charge is -2.48. The summed E-state index contributed by atoms with van der Waals surface area (Å²) in [6.07, 6.45) is -8.65. The van der Waals surface area contributed by atoms with Gasteiger partial charge in [-0.15, -0.1) is 0 Å². The molecule has 11 heteroatoms. The molecule has 2 rings (SSSR count). The predicted octanol–water partition coefficient (Wildman–Crippen LogP) is 10.2. The normalized spacial score (nSPS) is 29.7. The molecule has 0 bridgehead atoms. The number of allylic oxidation sites excluding steroid dienone is 1. The molecule has 3 nitrogen and oxygen atoms in total. The average Bonchev–Trinajstić information content (AvgIpc) is 3.17. The third-order valence-corrected chi connectivity index (χ3v) is 10.6. The van der Waals surface area contributed by atoms with E-state index >= 15 is 0 Å². The third-order valence-electron chi connectivity index (χ3n) is 8.71. The average molecular weight is 637 g/mol. The van der Waals surface area contributed by atoms with Gasteiger partial charge in [-0.3, -0.25) is 4.79 Å². The van der Waals surface area contributed by atoms with Crippen LogP contribution in [0.2, 0.25) is 39.3 Å². The Morgan fingerprint density at radius 2 is 1.51 bits per heavy atom. The van der Waals surface area contributed by atoms with E-state index in [0.29, 0.717) is 32.1 Å². The summed E-state index contributed by atoms with van der Waals surface area (Å²) in [5.41, 5.74) is -8.64. The molecular formula is C30H52F6O3Si2. The van der Waals surface area contributed by atoms with Crippen LogP contribution in [-0.4, -0.2) is 46.0 Å². The minimum atomic E-state index is -5.81. The quantitative estimate of drug-likeness (QED) is 0.121. The molecule has 2 fully saturated rings. The molecule has 0 radical (unpaired) electrons. The molecule has 2 saturated carbocycles. The molecule has 2 aliphatic rings. The van der Waals surface area contributed by atoms with Gasteiger partial charge in [0.25, 0.3) is 5.60 Å². The van der Waals surface area contributed by atoms with E-state index < -0.39 is 71.1 Å². The molecule has 240 valence electrons. The second-order valence-corrected chi connectivity index (χ2v) is 23.5. The van der Waals surface area contributed by atoms with Crippen molar-refractivity contribution in [2.45, 2.75) is 148 Å². The number of alkyl halides is 6. The fourth-order valence-electron chi connectivity index (χ4n) is 7.29. The van der Waals surface area contributed by atoms with E-state index in [0.717, 1.165) is 6.08 Å². The molecule has 41 heavy (non-hydrogen) atoms. The first-order valence-electron chi connectivity index (χ1n) is 17.4. The van der Waals surface area contributed by atoms with Gasteiger partial charge in [-0.1, -0.05) is 26.3 Å². The fraction of sp³-hybridized carbons (Fsp3) is 0.900. The molecule has 0 heterocycles. The van der Waals surface area contributed by atoms with Gasteiger partial charge in [0.15, 0.2) is 16.6 Å². The second kappa shape index (κ2) is 12.0. The number of halogens is 6. The lowest BCUT2D eigenvalue weighted by molar-refractivity contribution is -0.340. The van der Waals surface area contributed by atoms with Gasteiger partial charge in [0.05, 0.1) is 5.60 Å². The van der Waals surface area contributed by atoms with Crippen LogP contribution in [0.15, 0.2) is 12.2 Å². The Balaban J connectivity index is 2.65. The molecule has 0 aliphatic heterocycles. The minimum Gasteiger partial charge on any atom is -0.413 e. The zero-order chi connectivity index (χ0) is 36.9. The van der Waals surface area contributed by atoms with Crippen LogP contribution in [-0.2, 0) is 13.6 Å². The van der Waals surface area contributed by atoms with Crippen LogP contribution in [0.4, 0.5) is 26.3 Å². The molecule has 0 saturated heterocycles. The van der Waals surface area contributed by atoms with Gasteiger partial charge in [-0.05, 0) is 121 Å². The monoisotopic (exact) mass is 636 g/mol. The van der Waals surface area contributed by atoms with Crippen molar-refractivity contribution in [2.24, 2.45) is 22.7 Å². The molecular weight excluding hydrogens is 578 g/mol. The molecule has 0 aromatic heterocycles. The van der Waals surface area contributed by atoms with Crippen LogP contribution in [0.5, 0.6) is 0 Å². The van der Waals surface area contributed by atoms with E-state index in [4.69, 9.17) is 17.1 Å². The number of carbonyl (C=O) groups is 1. The van der Waals surface area contributed by atoms with Crippen LogP contribution in [0.1, 0.15) is 93.6 Å². The topological polar surface area (TPSA) is 35.5 Å². The van der Waals surface area contributed by atoms with Crippen LogP contribution in [0.3, 0.4) is 0 Å². The molecule has 0 unspecified atom stereocenters. The summed E-state index contributed by atoms with van der Waals surface area (Å²) in [5, 5.41) is 0. The highest BCUT2D eigenvalue weighted by molar-refractivity contribution is 6.70. The van der Waals surface area contributed by atoms with E-state index in [9.17, 15) is 31.1 Å². The van der Waals surface area contributed by atoms with Crippen molar-refractivity contribution in [2.75, 3.05) is 0 Å². The van der Waals surface area contributed by atoms with Gasteiger partial charge < -0.3 is 8.85 Å². The Hall–Kier alpha value is -0.656. The summed E-state index contributed by atoms with van der Waals surface area (Å²) in [5.74, 6) is -0.530. The predicted molar refractivity (Wildman–Crippen MR) is 157 cm³/mol. The van der Waals surface area contributed by atoms with E-state index in [1.165, 1.54) is 19.6 Å². The number of fused-ring (bicyclic) bond motifs is 1. The number of hydrogen-bond acceptors (Lipinski definition) is 3. The Morgan fingerprint density at radius 1 is 0.951 bits per heavy atom. The van der Waals surface area contributed by atoms with Crippen molar-refractivity contribution in [3.8, 4) is 0 Å². The SMILES string of the molecule is [2H]C([2H])([2H])C(CCC[C@@](C)(CC=CC(O[Si](C)(C)C)(C(F)(F)F)C(F)(F)F)[C@H]1CC[C@H]2C(=O)CCC[C@]12C)(O[Si](C)(C)C)C([2H])([2H])[2H]. The summed E-state index contributed by atoms with van der Waals surface area (Å²) < 4.78 is 146. The smallest absolute Gasteiger partial charge is 0.413 e. The minimum absolute atomic E-state index is 0.0358. The largest absolute Gasteiger partial charge is 0.429 e. The summed E-state index contributed by atoms with van der Waals surface area (Å²) >= 11 is 0. The molecule has 0 N–H and O–H groups in total. The van der Waals surface area contributed by atoms with Crippen molar-refractivity contribution in [3.05, 3.63) is 12.2 Å². The van der Waals surface area contributed by atoms with Crippen LogP contribution in [0, 0.1) is 22.7 Å². The maximum atomic E-state index is 14.3. The molecule has 0 aromatic rings. The Morgan fingerprint density at radius 3 is 2.00 bits per heavy atom. The zero-order valence-electron chi connectivity index (χ0n) is 31.7. The maximum Gasteiger partial charge on any atom is 0.429 e. The Bertz CT molecular complexity index is 1120. The van der Waals surface area contributed by atoms with Gasteiger partial charge >= 0.3 is 12.4 Å². The molecule has 0 amide bonds. The van der Waals surface area contributed by atoms with Gasteiger partial charge in [-0.25, -0.2) is 0 Å². The summed E-state index contributed by atoms with van der Waals surface area (Å²) in [6.45, 7) is 6.30. The van der Waals surface area contributed by atoms with E-state index in [-0.39, 0.29) is 43.0 Å². The number of hydrogen-bond donors (Lipinski definition) is 0. The van der Waals surface area contributed by atoms with Crippen molar-refractivity contribution in [3.63, 3.8) is 0 Å². The fourth-order valence-corrected chi connectivity index (χ4v) is 9.70. The Kier molecular flexibility index (Phi) is 8.17. The number of Topliss-reactive ketones (excluding diaryl/α,β-unsaturated/α-hetero) is 1. The van der Waals surface area contributed by atoms with Crippen molar-refractivity contribution in [1.82, 2.24) is 0 Å². The number of ketones is 1. The number of rotatable bonds is 12. The molecule has 0 spiro atoms. The van der Waals surface area contributed by atoms with E-state index in [1.54, 1.807) is 26.6 Å². The highest BCUT2D eigenvalue weighted by atomic mass is 28.4. The first-order chi connectivity index (χ1) is 20.7. The highest BCUT2D eigenvalue weighted by Crippen LogP contribution is 2.62. The maximum absolute atomic E-state index is 14.3. The third kappa shape index (κ3) is 8.72. The van der Waals surface area contributed by atoms with Crippen LogP contribution >= 0.6 is 0 Å². The lowest BCUT2D eigenvalue weighted by Crippen LogP contribution is -2.61. The molecule has 2 aliphatic carbocycles. The highest BCUT2D eigenvalue weighted by Gasteiger charge is 2.71. The molecule has 4 atom stereocenters. The van der Waals surface area contributed by atoms with E-state index in [1.807, 2.05) is 6.92 Å². The van der Waals surface area contributed by atoms with Crippen LogP contribution < -0.4 is 0 Å². The van der Waals surface area contributed by atoms with Gasteiger partial charge in [0.1, 0.15) is 5.78 Å². The lowest BCUT2D eigenvalue weighted by atomic mass is 9.56. The van der Waals surface area contributed by atoms with Gasteiger partial charge in [-0.2, -0.15) is 26.3 Å². The zero-order valence-corrected chi connectivity index (χ0v) is 27.7. The van der Waals surface area contributed by atoms with Crippen LogP contribution in [0.25, 0.3) is 0 Å². The molecule has 0 aromatic carbocycles. The summed E-state index contributed by atoms with van der Waals surface area (Å²) in [7, 11) is -6.19. The first-order valence-corrected chi connectivity index (χ1v) is 21.2. The number of carbonyl (C=O) groups excluding carboxylic acids is 1. The standard InChI is InChI=1S/C30H52F6O3Si2/c1-25(2,38-40(5,6)7)17-12-18-26(3,24-16-15-22-23(37)14-11-20-27(22,24)4)19-13-21-28(29(31,32)33,30(34,35)36)39-41(8,9)10/h13,21-22,24H,11-12,14-20H2,1-10H3/t22-,24+,26-,27-/m0/s1/i1D3,2D3. The van der Waals surface area contributed by atoms with Crippen molar-refractivity contribution < 1.29 is 48.2 Å². The Labute approximate surface area is 253 Å². The van der Waals surface area contributed by atoms with Gasteiger partial charge in [0.2, 0.25) is 0 Å². The summed E-state index contributed by atoms with van der Waals surface area (Å²) in [6, 6.07) is 0. The van der Waals surface area contributed by atoms with Crippen molar-refractivity contribution in [1.29, 1.82) is 0 Å². The summed E-state index contributed by atoms with van der Waals surface area (Å²) in [4.78, 5) is 12.9. The van der Waals surface area contributed by atoms with Gasteiger partial charge in [0, 0.05) is 20.6 Å². The van der Waals surface area contributed by atoms with E-state index in [2.05, 4.69) is 0 Å². The first kappa shape index (κ1) is 27.9. The van der Waals surface area contributed by atoms with Crippen molar-refractivity contribution >= 4 is 22.4 Å². The second-order valence-electron chi connectivity index (χ2n) is 14.6.